The van der Waals surface area contributed by atoms with Gasteiger partial charge in [-0.2, -0.15) is 0 Å². The van der Waals surface area contributed by atoms with Crippen LogP contribution in [0.15, 0.2) is 24.3 Å². The van der Waals surface area contributed by atoms with Crippen LogP contribution in [-0.4, -0.2) is 41.8 Å². The zero-order valence-corrected chi connectivity index (χ0v) is 12.3. The van der Waals surface area contributed by atoms with Crippen molar-refractivity contribution in [1.29, 1.82) is 0 Å². The molecule has 0 bridgehead atoms. The number of aliphatic hydroxyl groups excluding tert-OH is 1. The minimum atomic E-state index is -0.348. The molecule has 1 aliphatic heterocycles. The lowest BCUT2D eigenvalue weighted by Gasteiger charge is -2.38. The van der Waals surface area contributed by atoms with E-state index in [0.717, 1.165) is 31.7 Å². The van der Waals surface area contributed by atoms with Crippen LogP contribution >= 0.6 is 0 Å². The molecular formula is C17H25NO2. The van der Waals surface area contributed by atoms with Crippen molar-refractivity contribution >= 4 is 0 Å². The molecule has 110 valence electrons. The van der Waals surface area contributed by atoms with E-state index in [1.165, 1.54) is 24.8 Å². The summed E-state index contributed by atoms with van der Waals surface area (Å²) in [5.74, 6) is 0. The molecule has 20 heavy (non-hydrogen) atoms. The van der Waals surface area contributed by atoms with Crippen LogP contribution < -0.4 is 0 Å². The molecule has 1 aromatic carbocycles. The van der Waals surface area contributed by atoms with E-state index in [1.54, 1.807) is 0 Å². The van der Waals surface area contributed by atoms with Gasteiger partial charge >= 0.3 is 0 Å². The normalized spacial score (nSPS) is 28.3. The van der Waals surface area contributed by atoms with Gasteiger partial charge in [0.2, 0.25) is 0 Å². The topological polar surface area (TPSA) is 32.7 Å². The van der Waals surface area contributed by atoms with E-state index in [1.807, 2.05) is 18.2 Å². The minimum Gasteiger partial charge on any atom is -0.388 e. The lowest BCUT2D eigenvalue weighted by molar-refractivity contribution is -0.0587. The van der Waals surface area contributed by atoms with E-state index in [0.29, 0.717) is 12.1 Å². The molecule has 0 aromatic heterocycles. The van der Waals surface area contributed by atoms with E-state index in [2.05, 4.69) is 17.9 Å². The van der Waals surface area contributed by atoms with Gasteiger partial charge in [0.1, 0.15) is 0 Å². The molecule has 1 saturated heterocycles. The summed E-state index contributed by atoms with van der Waals surface area (Å²) in [5.41, 5.74) is 2.25. The Morgan fingerprint density at radius 2 is 2.20 bits per heavy atom. The number of nitrogens with zero attached hydrogens (tertiary/aromatic N) is 1. The fraction of sp³-hybridized carbons (Fsp3) is 0.647. The molecule has 0 spiro atoms. The van der Waals surface area contributed by atoms with Gasteiger partial charge in [0.25, 0.3) is 0 Å². The quantitative estimate of drug-likeness (QED) is 0.917. The molecular weight excluding hydrogens is 250 g/mol. The molecule has 3 atom stereocenters. The largest absolute Gasteiger partial charge is 0.388 e. The first kappa shape index (κ1) is 14.1. The Kier molecular flexibility index (Phi) is 4.39. The van der Waals surface area contributed by atoms with Gasteiger partial charge in [0, 0.05) is 19.1 Å². The second-order valence-corrected chi connectivity index (χ2v) is 6.10. The third-order valence-electron chi connectivity index (χ3n) is 4.83. The molecule has 1 N–H and O–H groups in total. The van der Waals surface area contributed by atoms with E-state index >= 15 is 0 Å². The summed E-state index contributed by atoms with van der Waals surface area (Å²) in [7, 11) is 0. The smallest absolute Gasteiger partial charge is 0.0804 e. The van der Waals surface area contributed by atoms with Gasteiger partial charge in [-0.25, -0.2) is 0 Å². The number of fused-ring (bicyclic) bond motifs is 1. The predicted molar refractivity (Wildman–Crippen MR) is 79.7 cm³/mol. The molecule has 1 aliphatic carbocycles. The maximum atomic E-state index is 10.4. The van der Waals surface area contributed by atoms with Gasteiger partial charge in [-0.3, -0.25) is 4.90 Å². The van der Waals surface area contributed by atoms with Crippen molar-refractivity contribution < 1.29 is 9.84 Å². The number of hydrogen-bond acceptors (Lipinski definition) is 3. The van der Waals surface area contributed by atoms with E-state index in [9.17, 15) is 5.11 Å². The zero-order valence-electron chi connectivity index (χ0n) is 12.3. The number of aryl methyl sites for hydroxylation is 1. The Morgan fingerprint density at radius 1 is 1.35 bits per heavy atom. The average Bonchev–Trinajstić information content (AvgIpc) is 2.94. The van der Waals surface area contributed by atoms with E-state index in [4.69, 9.17) is 4.74 Å². The Hall–Kier alpha value is -0.900. The van der Waals surface area contributed by atoms with Gasteiger partial charge in [-0.15, -0.1) is 0 Å². The van der Waals surface area contributed by atoms with Gasteiger partial charge in [-0.1, -0.05) is 24.3 Å². The molecule has 3 heteroatoms. The Labute approximate surface area is 121 Å². The van der Waals surface area contributed by atoms with Gasteiger partial charge in [-0.05, 0) is 43.7 Å². The SMILES string of the molecule is Cc1ccccc1C(O)CCN1CCOC2CCCC21. The number of morpholine rings is 1. The first-order valence-corrected chi connectivity index (χ1v) is 7.85. The fourth-order valence-electron chi connectivity index (χ4n) is 3.69. The lowest BCUT2D eigenvalue weighted by Crippen LogP contribution is -2.48. The fourth-order valence-corrected chi connectivity index (χ4v) is 3.69. The highest BCUT2D eigenvalue weighted by atomic mass is 16.5. The number of benzene rings is 1. The molecule has 0 radical (unpaired) electrons. The predicted octanol–water partition coefficient (Wildman–Crippen LogP) is 2.67. The first-order chi connectivity index (χ1) is 9.75. The second kappa shape index (κ2) is 6.25. The van der Waals surface area contributed by atoms with Crippen molar-refractivity contribution in [3.8, 4) is 0 Å². The van der Waals surface area contributed by atoms with Crippen LogP contribution in [0.5, 0.6) is 0 Å². The summed E-state index contributed by atoms with van der Waals surface area (Å²) in [6.07, 6.45) is 4.66. The number of aliphatic hydroxyl groups is 1. The Morgan fingerprint density at radius 3 is 3.05 bits per heavy atom. The molecule has 2 aliphatic rings. The summed E-state index contributed by atoms with van der Waals surface area (Å²) in [4.78, 5) is 2.53. The van der Waals surface area contributed by atoms with Crippen molar-refractivity contribution in [2.45, 2.75) is 50.9 Å². The third kappa shape index (κ3) is 2.90. The molecule has 3 unspecified atom stereocenters. The lowest BCUT2D eigenvalue weighted by atomic mass is 10.0. The molecule has 3 nitrogen and oxygen atoms in total. The van der Waals surface area contributed by atoms with Crippen molar-refractivity contribution in [2.75, 3.05) is 19.7 Å². The van der Waals surface area contributed by atoms with Crippen molar-refractivity contribution in [3.63, 3.8) is 0 Å². The van der Waals surface area contributed by atoms with E-state index < -0.39 is 0 Å². The molecule has 1 heterocycles. The second-order valence-electron chi connectivity index (χ2n) is 6.10. The number of hydrogen-bond donors (Lipinski definition) is 1. The maximum absolute atomic E-state index is 10.4. The van der Waals surface area contributed by atoms with Crippen LogP contribution in [0, 0.1) is 6.92 Å². The monoisotopic (exact) mass is 275 g/mol. The number of rotatable bonds is 4. The molecule has 3 rings (SSSR count). The van der Waals surface area contributed by atoms with Gasteiger partial charge < -0.3 is 9.84 Å². The van der Waals surface area contributed by atoms with Crippen LogP contribution in [0.2, 0.25) is 0 Å². The highest BCUT2D eigenvalue weighted by Gasteiger charge is 2.35. The molecule has 1 saturated carbocycles. The summed E-state index contributed by atoms with van der Waals surface area (Å²) in [5, 5.41) is 10.4. The highest BCUT2D eigenvalue weighted by molar-refractivity contribution is 5.27. The Bertz CT molecular complexity index is 448. The van der Waals surface area contributed by atoms with Crippen LogP contribution in [0.1, 0.15) is 42.9 Å². The first-order valence-electron chi connectivity index (χ1n) is 7.85. The van der Waals surface area contributed by atoms with Crippen LogP contribution in [0.4, 0.5) is 0 Å². The summed E-state index contributed by atoms with van der Waals surface area (Å²) < 4.78 is 5.84. The minimum absolute atomic E-state index is 0.348. The van der Waals surface area contributed by atoms with Crippen LogP contribution in [0.25, 0.3) is 0 Å². The van der Waals surface area contributed by atoms with Crippen molar-refractivity contribution in [3.05, 3.63) is 35.4 Å². The average molecular weight is 275 g/mol. The molecule has 0 amide bonds. The van der Waals surface area contributed by atoms with Crippen LogP contribution in [0.3, 0.4) is 0 Å². The van der Waals surface area contributed by atoms with Gasteiger partial charge in [0.15, 0.2) is 0 Å². The van der Waals surface area contributed by atoms with Crippen molar-refractivity contribution in [1.82, 2.24) is 4.90 Å². The van der Waals surface area contributed by atoms with E-state index in [-0.39, 0.29) is 6.10 Å². The summed E-state index contributed by atoms with van der Waals surface area (Å²) >= 11 is 0. The standard InChI is InChI=1S/C17H25NO2/c1-13-5-2-3-6-14(13)16(19)9-10-18-11-12-20-17-8-4-7-15(17)18/h2-3,5-6,15-17,19H,4,7-12H2,1H3. The Balaban J connectivity index is 1.57. The summed E-state index contributed by atoms with van der Waals surface area (Å²) in [6.45, 7) is 4.91. The third-order valence-corrected chi connectivity index (χ3v) is 4.83. The maximum Gasteiger partial charge on any atom is 0.0804 e. The highest BCUT2D eigenvalue weighted by Crippen LogP contribution is 2.30. The molecule has 1 aromatic rings. The summed E-state index contributed by atoms with van der Waals surface area (Å²) in [6, 6.07) is 8.73. The molecule has 2 fully saturated rings. The number of ether oxygens (including phenoxy) is 1. The van der Waals surface area contributed by atoms with Crippen LogP contribution in [-0.2, 0) is 4.74 Å². The zero-order chi connectivity index (χ0) is 13.9. The van der Waals surface area contributed by atoms with Crippen molar-refractivity contribution in [2.24, 2.45) is 0 Å². The van der Waals surface area contributed by atoms with Gasteiger partial charge in [0.05, 0.1) is 18.8 Å².